The van der Waals surface area contributed by atoms with E-state index in [0.717, 1.165) is 12.0 Å². The van der Waals surface area contributed by atoms with E-state index < -0.39 is 0 Å². The van der Waals surface area contributed by atoms with Crippen molar-refractivity contribution in [3.8, 4) is 0 Å². The minimum atomic E-state index is -0.0940. The van der Waals surface area contributed by atoms with Gasteiger partial charge >= 0.3 is 0 Å². The highest BCUT2D eigenvalue weighted by molar-refractivity contribution is 5.83. The van der Waals surface area contributed by atoms with Crippen LogP contribution in [0, 0.1) is 5.92 Å². The molecule has 2 unspecified atom stereocenters. The lowest BCUT2D eigenvalue weighted by Crippen LogP contribution is -2.47. The van der Waals surface area contributed by atoms with Crippen LogP contribution in [0.15, 0.2) is 30.3 Å². The average Bonchev–Trinajstić information content (AvgIpc) is 3.01. The summed E-state index contributed by atoms with van der Waals surface area (Å²) in [6.45, 7) is 4.85. The third-order valence-electron chi connectivity index (χ3n) is 4.03. The summed E-state index contributed by atoms with van der Waals surface area (Å²) in [4.78, 5) is 14.6. The predicted octanol–water partition coefficient (Wildman–Crippen LogP) is 0.718. The van der Waals surface area contributed by atoms with Crippen LogP contribution < -0.4 is 21.9 Å². The first-order valence-electron chi connectivity index (χ1n) is 7.44. The lowest BCUT2D eigenvalue weighted by atomic mass is 9.84. The molecule has 1 amide bonds. The number of hydrazine groups is 3. The Labute approximate surface area is 126 Å². The van der Waals surface area contributed by atoms with Crippen molar-refractivity contribution in [1.82, 2.24) is 26.8 Å². The summed E-state index contributed by atoms with van der Waals surface area (Å²) < 4.78 is 0. The molecule has 0 aliphatic carbocycles. The van der Waals surface area contributed by atoms with Crippen LogP contribution >= 0.6 is 0 Å². The normalized spacial score (nSPS) is 18.4. The Morgan fingerprint density at radius 3 is 2.43 bits per heavy atom. The van der Waals surface area contributed by atoms with Gasteiger partial charge in [0.05, 0.1) is 12.5 Å². The van der Waals surface area contributed by atoms with Crippen molar-refractivity contribution in [2.75, 3.05) is 13.6 Å². The fraction of sp³-hybridized carbons (Fsp3) is 0.533. The van der Waals surface area contributed by atoms with Crippen molar-refractivity contribution in [3.05, 3.63) is 35.9 Å². The molecule has 1 fully saturated rings. The maximum absolute atomic E-state index is 12.9. The smallest absolute Gasteiger partial charge is 0.230 e. The third-order valence-corrected chi connectivity index (χ3v) is 4.03. The number of carbonyl (C=O) groups is 1. The number of nitrogens with zero attached hydrogens (tertiary/aromatic N) is 1. The molecule has 1 aliphatic heterocycles. The van der Waals surface area contributed by atoms with Crippen LogP contribution in [0.1, 0.15) is 31.7 Å². The van der Waals surface area contributed by atoms with Gasteiger partial charge in [-0.25, -0.2) is 10.9 Å². The van der Waals surface area contributed by atoms with E-state index >= 15 is 0 Å². The molecule has 2 atom stereocenters. The molecule has 0 spiro atoms. The Hall–Kier alpha value is -1.47. The molecule has 21 heavy (non-hydrogen) atoms. The minimum absolute atomic E-state index is 0.00712. The molecule has 0 radical (unpaired) electrons. The molecule has 1 aromatic rings. The molecule has 2 rings (SSSR count). The number of nitrogens with one attached hydrogen (secondary N) is 4. The van der Waals surface area contributed by atoms with Gasteiger partial charge in [-0.15, -0.1) is 0 Å². The van der Waals surface area contributed by atoms with Crippen LogP contribution in [-0.4, -0.2) is 30.6 Å². The Morgan fingerprint density at radius 2 is 1.86 bits per heavy atom. The van der Waals surface area contributed by atoms with E-state index in [1.165, 1.54) is 0 Å². The lowest BCUT2D eigenvalue weighted by molar-refractivity contribution is -0.133. The fourth-order valence-electron chi connectivity index (χ4n) is 2.59. The van der Waals surface area contributed by atoms with Crippen molar-refractivity contribution in [2.24, 2.45) is 5.92 Å². The average molecular weight is 291 g/mol. The van der Waals surface area contributed by atoms with Gasteiger partial charge in [-0.3, -0.25) is 4.79 Å². The molecular weight excluding hydrogens is 266 g/mol. The third kappa shape index (κ3) is 4.01. The topological polar surface area (TPSA) is 68.4 Å². The second-order valence-electron chi connectivity index (χ2n) is 5.58. The summed E-state index contributed by atoms with van der Waals surface area (Å²) in [6.07, 6.45) is 0.967. The minimum Gasteiger partial charge on any atom is -0.342 e. The van der Waals surface area contributed by atoms with E-state index in [0.29, 0.717) is 12.5 Å². The van der Waals surface area contributed by atoms with Crippen LogP contribution in [0.3, 0.4) is 0 Å². The number of hydrogen-bond donors (Lipinski definition) is 4. The molecular formula is C15H25N5O. The van der Waals surface area contributed by atoms with Crippen LogP contribution in [-0.2, 0) is 4.79 Å². The monoisotopic (exact) mass is 291 g/mol. The Morgan fingerprint density at radius 1 is 1.24 bits per heavy atom. The van der Waals surface area contributed by atoms with Crippen molar-refractivity contribution >= 4 is 5.91 Å². The zero-order valence-electron chi connectivity index (χ0n) is 12.9. The molecule has 0 saturated carbocycles. The second-order valence-corrected chi connectivity index (χ2v) is 5.58. The number of hydrogen-bond acceptors (Lipinski definition) is 5. The van der Waals surface area contributed by atoms with Gasteiger partial charge in [-0.05, 0) is 11.5 Å². The largest absolute Gasteiger partial charge is 0.342 e. The molecule has 0 aromatic heterocycles. The van der Waals surface area contributed by atoms with Gasteiger partial charge in [-0.1, -0.05) is 50.6 Å². The van der Waals surface area contributed by atoms with Gasteiger partial charge in [0.15, 0.2) is 0 Å². The first kappa shape index (κ1) is 15.9. The van der Waals surface area contributed by atoms with Crippen molar-refractivity contribution in [1.29, 1.82) is 0 Å². The second kappa shape index (κ2) is 7.51. The molecule has 1 aliphatic rings. The summed E-state index contributed by atoms with van der Waals surface area (Å²) >= 11 is 0. The zero-order chi connectivity index (χ0) is 15.2. The molecule has 1 heterocycles. The number of carbonyl (C=O) groups excluding carboxylic acids is 1. The van der Waals surface area contributed by atoms with E-state index in [2.05, 4.69) is 35.8 Å². The highest BCUT2D eigenvalue weighted by Gasteiger charge is 2.29. The van der Waals surface area contributed by atoms with E-state index in [-0.39, 0.29) is 18.0 Å². The number of benzene rings is 1. The summed E-state index contributed by atoms with van der Waals surface area (Å²) in [5.41, 5.74) is 12.6. The Balaban J connectivity index is 2.10. The molecule has 6 heteroatoms. The van der Waals surface area contributed by atoms with Gasteiger partial charge < -0.3 is 4.90 Å². The summed E-state index contributed by atoms with van der Waals surface area (Å²) in [5, 5.41) is 0. The highest BCUT2D eigenvalue weighted by atomic mass is 16.2. The summed E-state index contributed by atoms with van der Waals surface area (Å²) in [6, 6.07) is 10.0. The zero-order valence-corrected chi connectivity index (χ0v) is 12.9. The van der Waals surface area contributed by atoms with Gasteiger partial charge in [0.1, 0.15) is 6.17 Å². The number of amides is 1. The number of rotatable bonds is 6. The summed E-state index contributed by atoms with van der Waals surface area (Å²) in [5.74, 6) is 0.373. The molecule has 4 N–H and O–H groups in total. The first-order chi connectivity index (χ1) is 10.1. The van der Waals surface area contributed by atoms with Gasteiger partial charge in [0.25, 0.3) is 0 Å². The van der Waals surface area contributed by atoms with E-state index in [1.807, 2.05) is 37.4 Å². The standard InChI is InChI=1S/C15H25N5O/c1-4-11(2)14(12-8-6-5-7-9-12)15(21)20(3)10-13-16-18-19-17-13/h5-9,11,13-14,16-19H,4,10H2,1-3H3. The Kier molecular flexibility index (Phi) is 5.69. The van der Waals surface area contributed by atoms with Crippen molar-refractivity contribution < 1.29 is 4.79 Å². The van der Waals surface area contributed by atoms with Crippen LogP contribution in [0.5, 0.6) is 0 Å². The highest BCUT2D eigenvalue weighted by Crippen LogP contribution is 2.28. The molecule has 0 bridgehead atoms. The van der Waals surface area contributed by atoms with E-state index in [9.17, 15) is 4.79 Å². The van der Waals surface area contributed by atoms with Crippen molar-refractivity contribution in [2.45, 2.75) is 32.4 Å². The molecule has 116 valence electrons. The van der Waals surface area contributed by atoms with Crippen LogP contribution in [0.2, 0.25) is 0 Å². The fourth-order valence-corrected chi connectivity index (χ4v) is 2.59. The molecule has 1 saturated heterocycles. The molecule has 1 aromatic carbocycles. The first-order valence-corrected chi connectivity index (χ1v) is 7.44. The summed E-state index contributed by atoms with van der Waals surface area (Å²) in [7, 11) is 1.85. The maximum Gasteiger partial charge on any atom is 0.230 e. The van der Waals surface area contributed by atoms with E-state index in [1.54, 1.807) is 4.90 Å². The Bertz CT molecular complexity index is 447. The SMILES string of the molecule is CCC(C)C(C(=O)N(C)CC1NNNN1)c1ccccc1. The lowest BCUT2D eigenvalue weighted by Gasteiger charge is -2.29. The van der Waals surface area contributed by atoms with Gasteiger partial charge in [0, 0.05) is 7.05 Å². The van der Waals surface area contributed by atoms with Crippen molar-refractivity contribution in [3.63, 3.8) is 0 Å². The maximum atomic E-state index is 12.9. The predicted molar refractivity (Wildman–Crippen MR) is 82.6 cm³/mol. The number of likely N-dealkylation sites (N-methyl/N-ethyl adjacent to an activating group) is 1. The van der Waals surface area contributed by atoms with Gasteiger partial charge in [-0.2, -0.15) is 11.1 Å². The van der Waals surface area contributed by atoms with Crippen LogP contribution in [0.4, 0.5) is 0 Å². The van der Waals surface area contributed by atoms with E-state index in [4.69, 9.17) is 0 Å². The molecule has 6 nitrogen and oxygen atoms in total. The van der Waals surface area contributed by atoms with Gasteiger partial charge in [0.2, 0.25) is 5.91 Å². The van der Waals surface area contributed by atoms with Crippen LogP contribution in [0.25, 0.3) is 0 Å². The quantitative estimate of drug-likeness (QED) is 0.622.